The molecule has 0 atom stereocenters. The van der Waals surface area contributed by atoms with Crippen molar-refractivity contribution in [2.24, 2.45) is 0 Å². The number of alkyl halides is 11. The first-order chi connectivity index (χ1) is 11.4. The van der Waals surface area contributed by atoms with Crippen LogP contribution in [0.1, 0.15) is 0 Å². The molecule has 1 heterocycles. The summed E-state index contributed by atoms with van der Waals surface area (Å²) in [4.78, 5) is -3.03. The summed E-state index contributed by atoms with van der Waals surface area (Å²) in [5.41, 5.74) is 0. The molecule has 0 amide bonds. The van der Waals surface area contributed by atoms with Crippen LogP contribution in [-0.4, -0.2) is 55.7 Å². The largest absolute Gasteiger partial charge is 0.483 e. The van der Waals surface area contributed by atoms with Crippen LogP contribution in [0.2, 0.25) is 0 Å². The number of nitrogens with zero attached hydrogens (tertiary/aromatic N) is 1. The van der Waals surface area contributed by atoms with Gasteiger partial charge in [-0.05, 0) is 0 Å². The molecule has 0 aromatic heterocycles. The third-order valence-corrected chi connectivity index (χ3v) is 2.69. The fourth-order valence-corrected chi connectivity index (χ4v) is 1.55. The number of morpholine rings is 1. The normalized spacial score (nSPS) is 24.9. The van der Waals surface area contributed by atoms with Gasteiger partial charge < -0.3 is 9.47 Å². The lowest BCUT2D eigenvalue weighted by Gasteiger charge is -2.47. The summed E-state index contributed by atoms with van der Waals surface area (Å²) in [6, 6.07) is -13.3. The van der Waals surface area contributed by atoms with Gasteiger partial charge in [0.15, 0.2) is 0 Å². The van der Waals surface area contributed by atoms with E-state index in [0.29, 0.717) is 0 Å². The Labute approximate surface area is 135 Å². The van der Waals surface area contributed by atoms with Gasteiger partial charge >= 0.3 is 30.5 Å². The van der Waals surface area contributed by atoms with E-state index in [4.69, 9.17) is 0 Å². The minimum Gasteiger partial charge on any atom is -0.483 e. The van der Waals surface area contributed by atoms with E-state index in [1.165, 1.54) is 0 Å². The zero-order valence-electron chi connectivity index (χ0n) is 12.1. The quantitative estimate of drug-likeness (QED) is 0.292. The molecule has 0 spiro atoms. The minimum absolute atomic E-state index is 0.755. The SMILES string of the molecule is COCCO/C(=C(/F)N1C(F)(F)C(F)(F)OC(F)(F)C1(F)F)C(F)(F)F. The van der Waals surface area contributed by atoms with Crippen molar-refractivity contribution in [1.82, 2.24) is 4.90 Å². The molecule has 0 N–H and O–H groups in total. The van der Waals surface area contributed by atoms with Crippen LogP contribution in [0.5, 0.6) is 0 Å². The second-order valence-electron chi connectivity index (χ2n) is 4.51. The fourth-order valence-electron chi connectivity index (χ4n) is 1.55. The van der Waals surface area contributed by atoms with Crippen LogP contribution in [-0.2, 0) is 14.2 Å². The first-order valence-corrected chi connectivity index (χ1v) is 6.04. The summed E-state index contributed by atoms with van der Waals surface area (Å²) in [5, 5.41) is 0. The molecule has 0 unspecified atom stereocenters. The van der Waals surface area contributed by atoms with Crippen molar-refractivity contribution in [2.45, 2.75) is 30.5 Å². The molecule has 1 aliphatic rings. The summed E-state index contributed by atoms with van der Waals surface area (Å²) in [6.07, 6.45) is -19.1. The van der Waals surface area contributed by atoms with Crippen LogP contribution >= 0.6 is 0 Å². The van der Waals surface area contributed by atoms with E-state index in [-0.39, 0.29) is 0 Å². The van der Waals surface area contributed by atoms with Gasteiger partial charge in [0.1, 0.15) is 6.61 Å². The number of halogens is 12. The summed E-state index contributed by atoms with van der Waals surface area (Å²) in [6.45, 7) is -2.03. The highest BCUT2D eigenvalue weighted by atomic mass is 19.4. The van der Waals surface area contributed by atoms with E-state index in [9.17, 15) is 52.7 Å². The monoisotopic (exact) mass is 417 g/mol. The molecule has 0 radical (unpaired) electrons. The molecule has 4 nitrogen and oxygen atoms in total. The number of methoxy groups -OCH3 is 1. The molecule has 0 aliphatic carbocycles. The van der Waals surface area contributed by atoms with Crippen LogP contribution in [0.25, 0.3) is 0 Å². The van der Waals surface area contributed by atoms with Crippen LogP contribution in [0, 0.1) is 0 Å². The summed E-state index contributed by atoms with van der Waals surface area (Å²) >= 11 is 0. The topological polar surface area (TPSA) is 30.9 Å². The van der Waals surface area contributed by atoms with Gasteiger partial charge in [0.05, 0.1) is 6.61 Å². The molecular formula is C10H7F12NO3. The first-order valence-electron chi connectivity index (χ1n) is 6.04. The maximum absolute atomic E-state index is 13.8. The Morgan fingerprint density at radius 2 is 1.31 bits per heavy atom. The van der Waals surface area contributed by atoms with Gasteiger partial charge in [-0.15, -0.1) is 0 Å². The molecule has 1 aliphatic heterocycles. The number of hydrogen-bond acceptors (Lipinski definition) is 4. The lowest BCUT2D eigenvalue weighted by Crippen LogP contribution is -2.73. The van der Waals surface area contributed by atoms with E-state index in [2.05, 4.69) is 9.47 Å². The van der Waals surface area contributed by atoms with Crippen molar-refractivity contribution in [2.75, 3.05) is 20.3 Å². The highest BCUT2D eigenvalue weighted by molar-refractivity contribution is 5.13. The van der Waals surface area contributed by atoms with Crippen molar-refractivity contribution < 1.29 is 66.9 Å². The summed E-state index contributed by atoms with van der Waals surface area (Å²) in [5.74, 6) is -7.19. The highest BCUT2D eigenvalue weighted by Gasteiger charge is 2.84. The number of rotatable bonds is 5. The Hall–Kier alpha value is -1.58. The Morgan fingerprint density at radius 1 is 0.885 bits per heavy atom. The molecule has 1 fully saturated rings. The second-order valence-corrected chi connectivity index (χ2v) is 4.51. The van der Waals surface area contributed by atoms with Crippen molar-refractivity contribution in [3.63, 3.8) is 0 Å². The zero-order chi connectivity index (χ0) is 20.8. The number of hydrogen-bond donors (Lipinski definition) is 0. The predicted octanol–water partition coefficient (Wildman–Crippen LogP) is 4.05. The van der Waals surface area contributed by atoms with Crippen molar-refractivity contribution >= 4 is 0 Å². The molecule has 1 saturated heterocycles. The zero-order valence-corrected chi connectivity index (χ0v) is 12.1. The van der Waals surface area contributed by atoms with Gasteiger partial charge in [-0.25, -0.2) is 9.64 Å². The maximum atomic E-state index is 13.8. The third kappa shape index (κ3) is 3.60. The molecule has 0 bridgehead atoms. The molecule has 0 aromatic carbocycles. The average molecular weight is 417 g/mol. The third-order valence-electron chi connectivity index (χ3n) is 2.69. The smallest absolute Gasteiger partial charge is 0.453 e. The van der Waals surface area contributed by atoms with Crippen LogP contribution < -0.4 is 0 Å². The summed E-state index contributed by atoms with van der Waals surface area (Å²) in [7, 11) is 0.891. The van der Waals surface area contributed by atoms with Crippen molar-refractivity contribution in [3.05, 3.63) is 11.7 Å². The Morgan fingerprint density at radius 3 is 1.65 bits per heavy atom. The Bertz CT molecular complexity index is 532. The average Bonchev–Trinajstić information content (AvgIpc) is 2.38. The Kier molecular flexibility index (Phi) is 5.65. The molecule has 0 saturated carbocycles. The maximum Gasteiger partial charge on any atom is 0.453 e. The first kappa shape index (κ1) is 22.5. The molecule has 1 rings (SSSR count). The predicted molar refractivity (Wildman–Crippen MR) is 54.7 cm³/mol. The molecule has 26 heavy (non-hydrogen) atoms. The van der Waals surface area contributed by atoms with E-state index in [1.54, 1.807) is 0 Å². The fraction of sp³-hybridized carbons (Fsp3) is 0.800. The van der Waals surface area contributed by atoms with Crippen molar-refractivity contribution in [1.29, 1.82) is 0 Å². The Balaban J connectivity index is 3.61. The second kappa shape index (κ2) is 6.54. The molecule has 16 heteroatoms. The van der Waals surface area contributed by atoms with Crippen LogP contribution in [0.3, 0.4) is 0 Å². The van der Waals surface area contributed by atoms with Crippen LogP contribution in [0.15, 0.2) is 11.7 Å². The lowest BCUT2D eigenvalue weighted by molar-refractivity contribution is -0.559. The van der Waals surface area contributed by atoms with E-state index >= 15 is 0 Å². The molecule has 0 aromatic rings. The molecular weight excluding hydrogens is 410 g/mol. The van der Waals surface area contributed by atoms with E-state index in [0.717, 1.165) is 7.11 Å². The molecule has 154 valence electrons. The lowest BCUT2D eigenvalue weighted by atomic mass is 10.2. The van der Waals surface area contributed by atoms with Crippen LogP contribution in [0.4, 0.5) is 52.7 Å². The number of ether oxygens (including phenoxy) is 3. The van der Waals surface area contributed by atoms with Gasteiger partial charge in [0, 0.05) is 7.11 Å². The van der Waals surface area contributed by atoms with E-state index in [1.807, 2.05) is 4.74 Å². The van der Waals surface area contributed by atoms with Gasteiger partial charge in [-0.3, -0.25) is 0 Å². The van der Waals surface area contributed by atoms with Crippen molar-refractivity contribution in [3.8, 4) is 0 Å². The van der Waals surface area contributed by atoms with Gasteiger partial charge in [0.2, 0.25) is 5.95 Å². The van der Waals surface area contributed by atoms with Gasteiger partial charge in [-0.2, -0.15) is 52.7 Å². The highest BCUT2D eigenvalue weighted by Crippen LogP contribution is 2.57. The van der Waals surface area contributed by atoms with Gasteiger partial charge in [0.25, 0.3) is 5.76 Å². The van der Waals surface area contributed by atoms with Gasteiger partial charge in [-0.1, -0.05) is 0 Å². The standard InChI is InChI=1S/C10H7F12NO3/c1-24-2-3-25-4(6(12,13)14)5(11)23-7(15,16)9(19,20)26-10(21,22)8(23,17)18/h2-3H2,1H3/b5-4-. The summed E-state index contributed by atoms with van der Waals surface area (Å²) < 4.78 is 167. The van der Waals surface area contributed by atoms with E-state index < -0.39 is 60.3 Å². The number of allylic oxidation sites excluding steroid dienone is 1. The minimum atomic E-state index is -6.65.